The van der Waals surface area contributed by atoms with Crippen LogP contribution in [0.25, 0.3) is 0 Å². The molecule has 9 heteroatoms. The van der Waals surface area contributed by atoms with Crippen LogP contribution in [0.2, 0.25) is 0 Å². The summed E-state index contributed by atoms with van der Waals surface area (Å²) in [5.74, 6) is 0.636. The first-order chi connectivity index (χ1) is 14.1. The maximum Gasteiger partial charge on any atom is 0.243 e. The third kappa shape index (κ3) is 6.95. The molecule has 2 N–H and O–H groups in total. The molecule has 2 aliphatic rings. The fourth-order valence-electron chi connectivity index (χ4n) is 3.45. The molecule has 0 bridgehead atoms. The molecule has 2 fully saturated rings. The van der Waals surface area contributed by atoms with Crippen LogP contribution in [0, 0.1) is 0 Å². The Balaban J connectivity index is 1.63. The number of nitrogens with one attached hydrogen (secondary N) is 2. The highest BCUT2D eigenvalue weighted by Crippen LogP contribution is 2.25. The molecule has 0 aliphatic carbocycles. The Kier molecular flexibility index (Phi) is 8.72. The lowest BCUT2D eigenvalue weighted by Crippen LogP contribution is -2.47. The molecular formula is C20H33N5O3S. The summed E-state index contributed by atoms with van der Waals surface area (Å²) in [5.41, 5.74) is 0. The molecule has 2 unspecified atom stereocenters. The maximum absolute atomic E-state index is 12.0. The molecule has 162 valence electrons. The summed E-state index contributed by atoms with van der Waals surface area (Å²) in [6, 6.07) is 4.52. The summed E-state index contributed by atoms with van der Waals surface area (Å²) < 4.78 is 11.2. The van der Waals surface area contributed by atoms with Gasteiger partial charge in [-0.25, -0.2) is 4.99 Å². The Morgan fingerprint density at radius 2 is 2.17 bits per heavy atom. The zero-order valence-corrected chi connectivity index (χ0v) is 18.2. The van der Waals surface area contributed by atoms with Gasteiger partial charge in [0.2, 0.25) is 5.91 Å². The summed E-state index contributed by atoms with van der Waals surface area (Å²) in [5, 5.41) is 8.94. The number of hydrogen-bond donors (Lipinski definition) is 2. The molecule has 3 heterocycles. The van der Waals surface area contributed by atoms with E-state index < -0.39 is 0 Å². The van der Waals surface area contributed by atoms with E-state index in [0.717, 1.165) is 45.8 Å². The van der Waals surface area contributed by atoms with E-state index in [-0.39, 0.29) is 24.6 Å². The number of morpholine rings is 1. The van der Waals surface area contributed by atoms with E-state index in [2.05, 4.69) is 38.0 Å². The van der Waals surface area contributed by atoms with Crippen LogP contribution in [0.1, 0.15) is 23.8 Å². The van der Waals surface area contributed by atoms with Crippen molar-refractivity contribution in [2.24, 2.45) is 4.99 Å². The molecule has 2 aliphatic heterocycles. The van der Waals surface area contributed by atoms with Gasteiger partial charge < -0.3 is 25.0 Å². The molecule has 8 nitrogen and oxygen atoms in total. The van der Waals surface area contributed by atoms with Crippen LogP contribution in [0.5, 0.6) is 0 Å². The lowest BCUT2D eigenvalue weighted by atomic mass is 10.2. The van der Waals surface area contributed by atoms with Crippen LogP contribution >= 0.6 is 11.3 Å². The van der Waals surface area contributed by atoms with Gasteiger partial charge in [0.15, 0.2) is 5.96 Å². The molecule has 0 spiro atoms. The summed E-state index contributed by atoms with van der Waals surface area (Å²) in [6.07, 6.45) is 2.37. The van der Waals surface area contributed by atoms with E-state index >= 15 is 0 Å². The predicted octanol–water partition coefficient (Wildman–Crippen LogP) is 0.924. The number of carbonyl (C=O) groups is 1. The maximum atomic E-state index is 12.0. The lowest BCUT2D eigenvalue weighted by Gasteiger charge is -2.34. The summed E-state index contributed by atoms with van der Waals surface area (Å²) in [6.45, 7) is 5.71. The third-order valence-corrected chi connectivity index (χ3v) is 6.19. The SMILES string of the molecule is CN(C)C(=O)CN=C(NCC1CCCO1)NCC(c1cccs1)N1CCOCC1. The number of guanidine groups is 1. The number of rotatable bonds is 8. The Labute approximate surface area is 177 Å². The quantitative estimate of drug-likeness (QED) is 0.478. The summed E-state index contributed by atoms with van der Waals surface area (Å²) in [7, 11) is 3.49. The number of ether oxygens (including phenoxy) is 2. The molecular weight excluding hydrogens is 390 g/mol. The van der Waals surface area contributed by atoms with Crippen molar-refractivity contribution in [2.45, 2.75) is 25.0 Å². The first-order valence-corrected chi connectivity index (χ1v) is 11.2. The smallest absolute Gasteiger partial charge is 0.243 e. The van der Waals surface area contributed by atoms with Gasteiger partial charge in [-0.3, -0.25) is 9.69 Å². The van der Waals surface area contributed by atoms with E-state index in [1.165, 1.54) is 4.88 Å². The number of nitrogens with zero attached hydrogens (tertiary/aromatic N) is 3. The average Bonchev–Trinajstić information content (AvgIpc) is 3.44. The molecule has 2 atom stereocenters. The highest BCUT2D eigenvalue weighted by Gasteiger charge is 2.24. The second kappa shape index (κ2) is 11.5. The van der Waals surface area contributed by atoms with Crippen LogP contribution in [0.15, 0.2) is 22.5 Å². The van der Waals surface area contributed by atoms with Gasteiger partial charge in [-0.05, 0) is 24.3 Å². The van der Waals surface area contributed by atoms with Gasteiger partial charge in [-0.1, -0.05) is 6.07 Å². The molecule has 29 heavy (non-hydrogen) atoms. The van der Waals surface area contributed by atoms with Crippen molar-refractivity contribution >= 4 is 23.2 Å². The van der Waals surface area contributed by atoms with Crippen LogP contribution in [-0.4, -0.2) is 94.4 Å². The predicted molar refractivity (Wildman–Crippen MR) is 115 cm³/mol. The molecule has 0 saturated carbocycles. The van der Waals surface area contributed by atoms with Gasteiger partial charge in [-0.2, -0.15) is 0 Å². The Morgan fingerprint density at radius 3 is 2.83 bits per heavy atom. The number of likely N-dealkylation sites (N-methyl/N-ethyl adjacent to an activating group) is 1. The van der Waals surface area contributed by atoms with Gasteiger partial charge in [0.05, 0.1) is 25.4 Å². The third-order valence-electron chi connectivity index (χ3n) is 5.21. The Morgan fingerprint density at radius 1 is 1.34 bits per heavy atom. The summed E-state index contributed by atoms with van der Waals surface area (Å²) >= 11 is 1.77. The number of aliphatic imine (C=N–C) groups is 1. The van der Waals surface area contributed by atoms with Crippen LogP contribution in [0.4, 0.5) is 0 Å². The van der Waals surface area contributed by atoms with Crippen molar-refractivity contribution in [2.75, 3.05) is 66.6 Å². The molecule has 1 aromatic heterocycles. The van der Waals surface area contributed by atoms with E-state index in [0.29, 0.717) is 19.0 Å². The van der Waals surface area contributed by atoms with Crippen molar-refractivity contribution in [3.63, 3.8) is 0 Å². The fraction of sp³-hybridized carbons (Fsp3) is 0.700. The van der Waals surface area contributed by atoms with Crippen molar-refractivity contribution in [1.82, 2.24) is 20.4 Å². The van der Waals surface area contributed by atoms with Gasteiger partial charge in [-0.15, -0.1) is 11.3 Å². The first-order valence-electron chi connectivity index (χ1n) is 10.3. The van der Waals surface area contributed by atoms with Crippen molar-refractivity contribution in [3.05, 3.63) is 22.4 Å². The molecule has 3 rings (SSSR count). The van der Waals surface area contributed by atoms with Crippen molar-refractivity contribution in [1.29, 1.82) is 0 Å². The largest absolute Gasteiger partial charge is 0.379 e. The number of thiophene rings is 1. The van der Waals surface area contributed by atoms with E-state index in [9.17, 15) is 4.79 Å². The van der Waals surface area contributed by atoms with E-state index in [1.807, 2.05) is 0 Å². The molecule has 2 saturated heterocycles. The molecule has 0 aromatic carbocycles. The fourth-order valence-corrected chi connectivity index (χ4v) is 4.31. The van der Waals surface area contributed by atoms with Gasteiger partial charge in [0.1, 0.15) is 6.54 Å². The summed E-state index contributed by atoms with van der Waals surface area (Å²) in [4.78, 5) is 21.8. The second-order valence-electron chi connectivity index (χ2n) is 7.53. The molecule has 0 radical (unpaired) electrons. The van der Waals surface area contributed by atoms with E-state index in [1.54, 1.807) is 30.3 Å². The van der Waals surface area contributed by atoms with Crippen molar-refractivity contribution < 1.29 is 14.3 Å². The number of carbonyl (C=O) groups excluding carboxylic acids is 1. The Hall–Kier alpha value is -1.68. The zero-order valence-electron chi connectivity index (χ0n) is 17.4. The highest BCUT2D eigenvalue weighted by molar-refractivity contribution is 7.10. The minimum atomic E-state index is -0.0220. The average molecular weight is 424 g/mol. The Bertz CT molecular complexity index is 641. The van der Waals surface area contributed by atoms with Gasteiger partial charge in [0, 0.05) is 51.8 Å². The second-order valence-corrected chi connectivity index (χ2v) is 8.51. The first kappa shape index (κ1) is 22.0. The van der Waals surface area contributed by atoms with Gasteiger partial charge in [0.25, 0.3) is 0 Å². The monoisotopic (exact) mass is 423 g/mol. The van der Waals surface area contributed by atoms with Crippen LogP contribution < -0.4 is 10.6 Å². The molecule has 1 amide bonds. The standard InChI is InChI=1S/C20H33N5O3S/c1-24(2)19(26)15-23-20(21-13-16-5-3-9-28-16)22-14-17(18-6-4-12-29-18)25-7-10-27-11-8-25/h4,6,12,16-17H,3,5,7-11,13-15H2,1-2H3,(H2,21,22,23). The molecule has 1 aromatic rings. The minimum Gasteiger partial charge on any atom is -0.379 e. The zero-order chi connectivity index (χ0) is 20.5. The van der Waals surface area contributed by atoms with Crippen LogP contribution in [-0.2, 0) is 14.3 Å². The van der Waals surface area contributed by atoms with Gasteiger partial charge >= 0.3 is 0 Å². The number of amides is 1. The number of hydrogen-bond acceptors (Lipinski definition) is 6. The normalized spacial score (nSPS) is 21.7. The van der Waals surface area contributed by atoms with E-state index in [4.69, 9.17) is 9.47 Å². The minimum absolute atomic E-state index is 0.0220. The topological polar surface area (TPSA) is 78.4 Å². The van der Waals surface area contributed by atoms with Crippen LogP contribution in [0.3, 0.4) is 0 Å². The lowest BCUT2D eigenvalue weighted by molar-refractivity contribution is -0.127. The highest BCUT2D eigenvalue weighted by atomic mass is 32.1. The van der Waals surface area contributed by atoms with Crippen molar-refractivity contribution in [3.8, 4) is 0 Å².